The van der Waals surface area contributed by atoms with Gasteiger partial charge in [-0.1, -0.05) is 18.6 Å². The van der Waals surface area contributed by atoms with Crippen LogP contribution < -0.4 is 5.32 Å². The molecule has 1 aromatic heterocycles. The van der Waals surface area contributed by atoms with Crippen molar-refractivity contribution in [1.29, 1.82) is 0 Å². The summed E-state index contributed by atoms with van der Waals surface area (Å²) in [5.41, 5.74) is 2.94. The van der Waals surface area contributed by atoms with Gasteiger partial charge < -0.3 is 9.73 Å². The van der Waals surface area contributed by atoms with Crippen LogP contribution in [0.3, 0.4) is 0 Å². The normalized spacial score (nSPS) is 15.9. The zero-order valence-corrected chi connectivity index (χ0v) is 16.9. The molecular weight excluding hydrogens is 352 g/mol. The van der Waals surface area contributed by atoms with Crippen LogP contribution in [0.1, 0.15) is 65.4 Å². The van der Waals surface area contributed by atoms with E-state index in [1.54, 1.807) is 6.26 Å². The van der Waals surface area contributed by atoms with Gasteiger partial charge in [-0.2, -0.15) is 0 Å². The van der Waals surface area contributed by atoms with Gasteiger partial charge in [0.2, 0.25) is 5.91 Å². The SMILES string of the molecule is Cc1ccc(C(=O)CCC(=O)NC[C@H](c2ccco2)N2CCCCC2)cc1C. The summed E-state index contributed by atoms with van der Waals surface area (Å²) in [5, 5.41) is 3.00. The fraction of sp³-hybridized carbons (Fsp3) is 0.478. The van der Waals surface area contributed by atoms with Crippen molar-refractivity contribution >= 4 is 11.7 Å². The number of likely N-dealkylation sites (tertiary alicyclic amines) is 1. The number of carbonyl (C=O) groups excluding carboxylic acids is 2. The molecule has 0 spiro atoms. The molecule has 2 heterocycles. The number of Topliss-reactive ketones (excluding diaryl/α,β-unsaturated/α-hetero) is 1. The number of amides is 1. The van der Waals surface area contributed by atoms with Crippen LogP contribution in [0, 0.1) is 13.8 Å². The minimum absolute atomic E-state index is 0.0110. The van der Waals surface area contributed by atoms with Crippen molar-refractivity contribution in [3.63, 3.8) is 0 Å². The molecule has 0 saturated carbocycles. The predicted molar refractivity (Wildman–Crippen MR) is 109 cm³/mol. The number of nitrogens with zero attached hydrogens (tertiary/aromatic N) is 1. The Morgan fingerprint density at radius 1 is 1.07 bits per heavy atom. The molecule has 0 bridgehead atoms. The van der Waals surface area contributed by atoms with Gasteiger partial charge in [0.25, 0.3) is 0 Å². The number of piperidine rings is 1. The first-order chi connectivity index (χ1) is 13.5. The van der Waals surface area contributed by atoms with E-state index < -0.39 is 0 Å². The summed E-state index contributed by atoms with van der Waals surface area (Å²) in [6.07, 6.45) is 5.72. The van der Waals surface area contributed by atoms with E-state index in [1.165, 1.54) is 19.3 Å². The van der Waals surface area contributed by atoms with Crippen LogP contribution in [0.4, 0.5) is 0 Å². The maximum atomic E-state index is 12.4. The van der Waals surface area contributed by atoms with Crippen LogP contribution in [0.25, 0.3) is 0 Å². The Hall–Kier alpha value is -2.40. The van der Waals surface area contributed by atoms with Gasteiger partial charge in [-0.25, -0.2) is 0 Å². The van der Waals surface area contributed by atoms with Crippen LogP contribution in [0.2, 0.25) is 0 Å². The number of nitrogens with one attached hydrogen (secondary N) is 1. The Balaban J connectivity index is 1.51. The monoisotopic (exact) mass is 382 g/mol. The summed E-state index contributed by atoms with van der Waals surface area (Å²) in [7, 11) is 0. The standard InChI is InChI=1S/C23H30N2O3/c1-17-8-9-19(15-18(17)2)21(26)10-11-23(27)24-16-20(22-7-6-14-28-22)25-12-4-3-5-13-25/h6-9,14-15,20H,3-5,10-13,16H2,1-2H3,(H,24,27)/t20-/m1/s1. The average Bonchev–Trinajstić information content (AvgIpc) is 3.23. The summed E-state index contributed by atoms with van der Waals surface area (Å²) in [5.74, 6) is 0.802. The summed E-state index contributed by atoms with van der Waals surface area (Å²) in [6.45, 7) is 6.56. The third-order valence-electron chi connectivity index (χ3n) is 5.60. The first kappa shape index (κ1) is 20.3. The number of hydrogen-bond donors (Lipinski definition) is 1. The van der Waals surface area contributed by atoms with Crippen LogP contribution >= 0.6 is 0 Å². The van der Waals surface area contributed by atoms with Gasteiger partial charge >= 0.3 is 0 Å². The number of furan rings is 1. The lowest BCUT2D eigenvalue weighted by atomic mass is 10.0. The molecule has 28 heavy (non-hydrogen) atoms. The molecule has 1 atom stereocenters. The fourth-order valence-corrected chi connectivity index (χ4v) is 3.71. The molecule has 1 fully saturated rings. The maximum absolute atomic E-state index is 12.4. The molecule has 5 nitrogen and oxygen atoms in total. The third kappa shape index (κ3) is 5.32. The molecule has 1 aliphatic rings. The molecule has 0 unspecified atom stereocenters. The Morgan fingerprint density at radius 3 is 2.54 bits per heavy atom. The smallest absolute Gasteiger partial charge is 0.220 e. The van der Waals surface area contributed by atoms with Gasteiger partial charge in [-0.05, 0) is 69.1 Å². The molecule has 1 N–H and O–H groups in total. The first-order valence-corrected chi connectivity index (χ1v) is 10.2. The van der Waals surface area contributed by atoms with Gasteiger partial charge in [0.05, 0.1) is 12.3 Å². The average molecular weight is 383 g/mol. The highest BCUT2D eigenvalue weighted by molar-refractivity contribution is 5.98. The minimum atomic E-state index is -0.0919. The van der Waals surface area contributed by atoms with Crippen LogP contribution in [-0.2, 0) is 4.79 Å². The van der Waals surface area contributed by atoms with Gasteiger partial charge in [0, 0.05) is 24.9 Å². The number of benzene rings is 1. The number of hydrogen-bond acceptors (Lipinski definition) is 4. The summed E-state index contributed by atoms with van der Waals surface area (Å²) in [6, 6.07) is 9.60. The van der Waals surface area contributed by atoms with Crippen molar-refractivity contribution in [3.8, 4) is 0 Å². The molecule has 2 aromatic rings. The van der Waals surface area contributed by atoms with Crippen LogP contribution in [-0.4, -0.2) is 36.2 Å². The number of carbonyl (C=O) groups is 2. The second kappa shape index (κ2) is 9.69. The van der Waals surface area contributed by atoms with E-state index in [0.29, 0.717) is 12.1 Å². The van der Waals surface area contributed by atoms with Crippen LogP contribution in [0.5, 0.6) is 0 Å². The summed E-state index contributed by atoms with van der Waals surface area (Å²) >= 11 is 0. The number of rotatable bonds is 8. The Kier molecular flexibility index (Phi) is 7.04. The lowest BCUT2D eigenvalue weighted by molar-refractivity contribution is -0.121. The largest absolute Gasteiger partial charge is 0.468 e. The zero-order chi connectivity index (χ0) is 19.9. The summed E-state index contributed by atoms with van der Waals surface area (Å²) in [4.78, 5) is 27.1. The quantitative estimate of drug-likeness (QED) is 0.695. The van der Waals surface area contributed by atoms with Crippen molar-refractivity contribution in [3.05, 3.63) is 59.0 Å². The van der Waals surface area contributed by atoms with Gasteiger partial charge in [0.1, 0.15) is 5.76 Å². The highest BCUT2D eigenvalue weighted by Crippen LogP contribution is 2.24. The molecule has 1 aliphatic heterocycles. The van der Waals surface area contributed by atoms with E-state index in [-0.39, 0.29) is 30.6 Å². The Morgan fingerprint density at radius 2 is 1.86 bits per heavy atom. The third-order valence-corrected chi connectivity index (χ3v) is 5.60. The van der Waals surface area contributed by atoms with Gasteiger partial charge in [0.15, 0.2) is 5.78 Å². The molecule has 0 aliphatic carbocycles. The van der Waals surface area contributed by atoms with E-state index in [0.717, 1.165) is 30.0 Å². The van der Waals surface area contributed by atoms with Gasteiger partial charge in [-0.3, -0.25) is 14.5 Å². The second-order valence-corrected chi connectivity index (χ2v) is 7.65. The molecule has 0 radical (unpaired) electrons. The van der Waals surface area contributed by atoms with Crippen molar-refractivity contribution in [2.75, 3.05) is 19.6 Å². The van der Waals surface area contributed by atoms with Crippen molar-refractivity contribution in [2.24, 2.45) is 0 Å². The van der Waals surface area contributed by atoms with Gasteiger partial charge in [-0.15, -0.1) is 0 Å². The molecule has 1 aromatic carbocycles. The Bertz CT molecular complexity index is 792. The number of ketones is 1. The van der Waals surface area contributed by atoms with E-state index >= 15 is 0 Å². The maximum Gasteiger partial charge on any atom is 0.220 e. The van der Waals surface area contributed by atoms with E-state index in [4.69, 9.17) is 4.42 Å². The predicted octanol–water partition coefficient (Wildman–Crippen LogP) is 4.20. The van der Waals surface area contributed by atoms with Crippen LogP contribution in [0.15, 0.2) is 41.0 Å². The molecule has 1 amide bonds. The fourth-order valence-electron chi connectivity index (χ4n) is 3.71. The van der Waals surface area contributed by atoms with E-state index in [2.05, 4.69) is 10.2 Å². The van der Waals surface area contributed by atoms with Crippen molar-refractivity contribution in [1.82, 2.24) is 10.2 Å². The molecule has 3 rings (SSSR count). The molecule has 150 valence electrons. The molecule has 5 heteroatoms. The van der Waals surface area contributed by atoms with Crippen molar-refractivity contribution < 1.29 is 14.0 Å². The lowest BCUT2D eigenvalue weighted by Gasteiger charge is -2.33. The molecule has 1 saturated heterocycles. The number of aryl methyl sites for hydroxylation is 2. The Labute approximate surface area is 167 Å². The lowest BCUT2D eigenvalue weighted by Crippen LogP contribution is -2.40. The zero-order valence-electron chi connectivity index (χ0n) is 16.9. The second-order valence-electron chi connectivity index (χ2n) is 7.65. The van der Waals surface area contributed by atoms with Crippen molar-refractivity contribution in [2.45, 2.75) is 52.0 Å². The summed E-state index contributed by atoms with van der Waals surface area (Å²) < 4.78 is 5.61. The van der Waals surface area contributed by atoms with E-state index in [9.17, 15) is 9.59 Å². The highest BCUT2D eigenvalue weighted by Gasteiger charge is 2.25. The molecular formula is C23H30N2O3. The first-order valence-electron chi connectivity index (χ1n) is 10.2. The van der Waals surface area contributed by atoms with E-state index in [1.807, 2.05) is 44.2 Å². The highest BCUT2D eigenvalue weighted by atomic mass is 16.3. The topological polar surface area (TPSA) is 62.6 Å². The minimum Gasteiger partial charge on any atom is -0.468 e.